The van der Waals surface area contributed by atoms with Crippen LogP contribution in [0.2, 0.25) is 0 Å². The lowest BCUT2D eigenvalue weighted by atomic mass is 10.2. The largest absolute Gasteiger partial charge is 0.367 e. The maximum Gasteiger partial charge on any atom is 0.114 e. The molecule has 0 atom stereocenters. The zero-order chi connectivity index (χ0) is 11.0. The fraction of sp³-hybridized carbons (Fsp3) is 0.364. The Labute approximate surface area is 93.7 Å². The second-order valence-corrected chi connectivity index (χ2v) is 3.88. The van der Waals surface area contributed by atoms with Gasteiger partial charge in [-0.2, -0.15) is 0 Å². The second-order valence-electron chi connectivity index (χ2n) is 3.88. The van der Waals surface area contributed by atoms with Gasteiger partial charge in [-0.05, 0) is 13.0 Å². The Morgan fingerprint density at radius 3 is 2.88 bits per heavy atom. The van der Waals surface area contributed by atoms with Crippen molar-refractivity contribution in [3.8, 4) is 11.3 Å². The van der Waals surface area contributed by atoms with E-state index in [1.807, 2.05) is 30.2 Å². The van der Waals surface area contributed by atoms with Gasteiger partial charge >= 0.3 is 0 Å². The number of hydrogen-bond donors (Lipinski definition) is 0. The predicted octanol–water partition coefficient (Wildman–Crippen LogP) is 1.18. The summed E-state index contributed by atoms with van der Waals surface area (Å²) in [6, 6.07) is 2.12. The molecule has 1 fully saturated rings. The minimum Gasteiger partial charge on any atom is -0.367 e. The zero-order valence-corrected chi connectivity index (χ0v) is 9.17. The maximum atomic E-state index is 4.24. The molecule has 3 rings (SSSR count). The highest BCUT2D eigenvalue weighted by molar-refractivity contribution is 5.64. The minimum absolute atomic E-state index is 0.840. The smallest absolute Gasteiger partial charge is 0.114 e. The summed E-state index contributed by atoms with van der Waals surface area (Å²) in [6.45, 7) is 5.15. The van der Waals surface area contributed by atoms with E-state index >= 15 is 0 Å². The molecule has 0 amide bonds. The molecule has 0 bridgehead atoms. The zero-order valence-electron chi connectivity index (χ0n) is 9.17. The number of pyridine rings is 1. The molecule has 16 heavy (non-hydrogen) atoms. The van der Waals surface area contributed by atoms with E-state index in [2.05, 4.69) is 26.3 Å². The first-order chi connectivity index (χ1) is 7.86. The van der Waals surface area contributed by atoms with Crippen LogP contribution >= 0.6 is 0 Å². The van der Waals surface area contributed by atoms with Crippen LogP contribution in [0.5, 0.6) is 0 Å². The summed E-state index contributed by atoms with van der Waals surface area (Å²) >= 11 is 0. The average molecular weight is 215 g/mol. The number of hydrogen-bond acceptors (Lipinski definition) is 4. The first kappa shape index (κ1) is 9.33. The van der Waals surface area contributed by atoms with Gasteiger partial charge in [0.05, 0.1) is 18.1 Å². The third kappa shape index (κ3) is 1.64. The molecular weight excluding hydrogens is 202 g/mol. The minimum atomic E-state index is 0.840. The quantitative estimate of drug-likeness (QED) is 0.721. The van der Waals surface area contributed by atoms with E-state index in [-0.39, 0.29) is 0 Å². The highest BCUT2D eigenvalue weighted by atomic mass is 15.4. The molecule has 0 N–H and O–H groups in total. The topological polar surface area (TPSA) is 46.6 Å². The van der Waals surface area contributed by atoms with Crippen LogP contribution in [0, 0.1) is 0 Å². The van der Waals surface area contributed by atoms with Crippen molar-refractivity contribution < 1.29 is 0 Å². The van der Waals surface area contributed by atoms with Crippen molar-refractivity contribution in [1.29, 1.82) is 0 Å². The Balaban J connectivity index is 1.95. The molecule has 1 saturated heterocycles. The van der Waals surface area contributed by atoms with Crippen molar-refractivity contribution in [2.75, 3.05) is 18.0 Å². The summed E-state index contributed by atoms with van der Waals surface area (Å²) in [6.07, 6.45) is 5.67. The fourth-order valence-corrected chi connectivity index (χ4v) is 1.63. The van der Waals surface area contributed by atoms with Crippen LogP contribution in [0.25, 0.3) is 11.3 Å². The van der Waals surface area contributed by atoms with Crippen LogP contribution in [0.1, 0.15) is 6.92 Å². The number of rotatable bonds is 3. The van der Waals surface area contributed by atoms with Gasteiger partial charge in [0, 0.05) is 31.4 Å². The lowest BCUT2D eigenvalue weighted by Crippen LogP contribution is -1.93. The van der Waals surface area contributed by atoms with Gasteiger partial charge in [-0.15, -0.1) is 5.10 Å². The molecule has 5 nitrogen and oxygen atoms in total. The molecule has 0 unspecified atom stereocenters. The van der Waals surface area contributed by atoms with Crippen LogP contribution in [0.4, 0.5) is 5.69 Å². The lowest BCUT2D eigenvalue weighted by molar-refractivity contribution is 0.627. The summed E-state index contributed by atoms with van der Waals surface area (Å²) in [5.41, 5.74) is 3.09. The number of nitrogens with zero attached hydrogens (tertiary/aromatic N) is 5. The first-order valence-corrected chi connectivity index (χ1v) is 5.47. The van der Waals surface area contributed by atoms with Crippen LogP contribution in [0.3, 0.4) is 0 Å². The van der Waals surface area contributed by atoms with Gasteiger partial charge in [-0.1, -0.05) is 5.21 Å². The second kappa shape index (κ2) is 3.59. The van der Waals surface area contributed by atoms with Gasteiger partial charge in [0.15, 0.2) is 0 Å². The third-order valence-electron chi connectivity index (χ3n) is 2.69. The van der Waals surface area contributed by atoms with E-state index in [9.17, 15) is 0 Å². The molecule has 5 heteroatoms. The molecule has 0 aliphatic carbocycles. The number of aryl methyl sites for hydroxylation is 1. The average Bonchev–Trinajstić information content (AvgIpc) is 3.07. The Hall–Kier alpha value is -1.91. The summed E-state index contributed by atoms with van der Waals surface area (Å²) in [5, 5.41) is 8.16. The van der Waals surface area contributed by atoms with Crippen molar-refractivity contribution >= 4 is 5.69 Å². The van der Waals surface area contributed by atoms with E-state index in [0.29, 0.717) is 0 Å². The highest BCUT2D eigenvalue weighted by Crippen LogP contribution is 2.24. The van der Waals surface area contributed by atoms with Gasteiger partial charge < -0.3 is 4.90 Å². The van der Waals surface area contributed by atoms with Crippen molar-refractivity contribution in [3.05, 3.63) is 24.7 Å². The Kier molecular flexibility index (Phi) is 2.09. The van der Waals surface area contributed by atoms with Gasteiger partial charge in [0.25, 0.3) is 0 Å². The van der Waals surface area contributed by atoms with Crippen molar-refractivity contribution in [1.82, 2.24) is 20.0 Å². The van der Waals surface area contributed by atoms with Crippen molar-refractivity contribution in [3.63, 3.8) is 0 Å². The first-order valence-electron chi connectivity index (χ1n) is 5.47. The van der Waals surface area contributed by atoms with Crippen LogP contribution in [0.15, 0.2) is 24.7 Å². The van der Waals surface area contributed by atoms with E-state index in [4.69, 9.17) is 0 Å². The van der Waals surface area contributed by atoms with Gasteiger partial charge in [-0.3, -0.25) is 9.67 Å². The Morgan fingerprint density at radius 2 is 2.19 bits per heavy atom. The van der Waals surface area contributed by atoms with Gasteiger partial charge in [-0.25, -0.2) is 0 Å². The summed E-state index contributed by atoms with van der Waals surface area (Å²) < 4.78 is 1.82. The van der Waals surface area contributed by atoms with Gasteiger partial charge in [0.2, 0.25) is 0 Å². The Morgan fingerprint density at radius 1 is 1.31 bits per heavy atom. The van der Waals surface area contributed by atoms with E-state index in [1.54, 1.807) is 0 Å². The molecule has 0 radical (unpaired) electrons. The molecule has 1 aliphatic heterocycles. The van der Waals surface area contributed by atoms with Crippen LogP contribution in [-0.2, 0) is 6.54 Å². The fourth-order valence-electron chi connectivity index (χ4n) is 1.63. The lowest BCUT2D eigenvalue weighted by Gasteiger charge is -2.02. The number of aromatic nitrogens is 4. The van der Waals surface area contributed by atoms with Gasteiger partial charge in [0.1, 0.15) is 5.69 Å². The van der Waals surface area contributed by atoms with Crippen molar-refractivity contribution in [2.24, 2.45) is 0 Å². The summed E-state index contributed by atoms with van der Waals surface area (Å²) in [7, 11) is 0. The summed E-state index contributed by atoms with van der Waals surface area (Å²) in [4.78, 5) is 6.50. The molecule has 2 aromatic rings. The molecule has 82 valence electrons. The molecule has 1 aliphatic rings. The maximum absolute atomic E-state index is 4.24. The molecule has 0 saturated carbocycles. The predicted molar refractivity (Wildman–Crippen MR) is 61.1 cm³/mol. The monoisotopic (exact) mass is 215 g/mol. The molecule has 0 aromatic carbocycles. The Bertz CT molecular complexity index is 501. The molecule has 0 spiro atoms. The third-order valence-corrected chi connectivity index (χ3v) is 2.69. The number of anilines is 1. The van der Waals surface area contributed by atoms with E-state index in [0.717, 1.165) is 30.9 Å². The van der Waals surface area contributed by atoms with Crippen LogP contribution in [-0.4, -0.2) is 33.1 Å². The van der Waals surface area contributed by atoms with Crippen LogP contribution < -0.4 is 4.90 Å². The van der Waals surface area contributed by atoms with E-state index in [1.165, 1.54) is 5.69 Å². The SMILES string of the molecule is CCn1cc(-c2cncc(N3CC3)c2)nn1. The molecule has 2 aromatic heterocycles. The van der Waals surface area contributed by atoms with Crippen molar-refractivity contribution in [2.45, 2.75) is 13.5 Å². The molecular formula is C11H13N5. The normalized spacial score (nSPS) is 14.2. The highest BCUT2D eigenvalue weighted by Gasteiger charge is 2.18. The molecule has 3 heterocycles. The summed E-state index contributed by atoms with van der Waals surface area (Å²) in [5.74, 6) is 0. The standard InChI is InChI=1S/C11H13N5/c1-2-16-8-11(13-14-16)9-5-10(7-12-6-9)15-3-4-15/h5-8H,2-4H2,1H3. The van der Waals surface area contributed by atoms with E-state index < -0.39 is 0 Å².